The predicted octanol–water partition coefficient (Wildman–Crippen LogP) is 2.21. The fourth-order valence-corrected chi connectivity index (χ4v) is 3.06. The van der Waals surface area contributed by atoms with Crippen molar-refractivity contribution in [3.05, 3.63) is 5.82 Å². The third-order valence-corrected chi connectivity index (χ3v) is 4.55. The van der Waals surface area contributed by atoms with Crippen molar-refractivity contribution in [2.24, 2.45) is 7.05 Å². The van der Waals surface area contributed by atoms with Crippen LogP contribution in [0.5, 0.6) is 0 Å². The molecule has 0 unspecified atom stereocenters. The Kier molecular flexibility index (Phi) is 3.94. The van der Waals surface area contributed by atoms with E-state index in [1.54, 1.807) is 4.68 Å². The zero-order valence-electron chi connectivity index (χ0n) is 10.8. The van der Waals surface area contributed by atoms with Gasteiger partial charge in [0.2, 0.25) is 0 Å². The number of thioether (sulfide) groups is 1. The SMILES string of the molecule is Cn1nc(C2(C)CCCCC2)nc1SCC(=O)O. The van der Waals surface area contributed by atoms with Crippen LogP contribution in [0.3, 0.4) is 0 Å². The van der Waals surface area contributed by atoms with Crippen LogP contribution >= 0.6 is 11.8 Å². The minimum absolute atomic E-state index is 0.0304. The smallest absolute Gasteiger partial charge is 0.313 e. The van der Waals surface area contributed by atoms with Crippen molar-refractivity contribution in [2.75, 3.05) is 5.75 Å². The molecule has 0 atom stereocenters. The molecular weight excluding hydrogens is 250 g/mol. The molecule has 0 saturated heterocycles. The van der Waals surface area contributed by atoms with Gasteiger partial charge in [-0.3, -0.25) is 4.79 Å². The number of aliphatic carboxylic acids is 1. The largest absolute Gasteiger partial charge is 0.481 e. The van der Waals surface area contributed by atoms with Crippen LogP contribution in [0.2, 0.25) is 0 Å². The van der Waals surface area contributed by atoms with E-state index in [1.165, 1.54) is 31.0 Å². The van der Waals surface area contributed by atoms with Crippen molar-refractivity contribution in [1.82, 2.24) is 14.8 Å². The third-order valence-electron chi connectivity index (χ3n) is 3.54. The molecule has 0 radical (unpaired) electrons. The lowest BCUT2D eigenvalue weighted by Crippen LogP contribution is -2.26. The molecule has 100 valence electrons. The van der Waals surface area contributed by atoms with Gasteiger partial charge < -0.3 is 5.11 Å². The van der Waals surface area contributed by atoms with E-state index < -0.39 is 5.97 Å². The number of carboxylic acid groups (broad SMARTS) is 1. The van der Waals surface area contributed by atoms with Crippen LogP contribution in [0.1, 0.15) is 44.9 Å². The summed E-state index contributed by atoms with van der Waals surface area (Å²) in [6.45, 7) is 2.22. The molecule has 5 nitrogen and oxygen atoms in total. The number of aromatic nitrogens is 3. The molecule has 0 amide bonds. The maximum atomic E-state index is 10.6. The van der Waals surface area contributed by atoms with E-state index >= 15 is 0 Å². The minimum Gasteiger partial charge on any atom is -0.481 e. The number of hydrogen-bond acceptors (Lipinski definition) is 4. The normalized spacial score (nSPS) is 18.8. The number of carboxylic acids is 1. The summed E-state index contributed by atoms with van der Waals surface area (Å²) in [7, 11) is 1.83. The standard InChI is InChI=1S/C12H19N3O2S/c1-12(6-4-3-5-7-12)10-13-11(15(2)14-10)18-8-9(16)17/h3-8H2,1-2H3,(H,16,17). The van der Waals surface area contributed by atoms with Gasteiger partial charge >= 0.3 is 5.97 Å². The Bertz CT molecular complexity index is 439. The molecule has 1 aliphatic rings. The first kappa shape index (κ1) is 13.4. The monoisotopic (exact) mass is 269 g/mol. The second kappa shape index (κ2) is 5.30. The maximum absolute atomic E-state index is 10.6. The number of aryl methyl sites for hydroxylation is 1. The average molecular weight is 269 g/mol. The first-order chi connectivity index (χ1) is 8.51. The molecule has 0 aliphatic heterocycles. The highest BCUT2D eigenvalue weighted by atomic mass is 32.2. The highest BCUT2D eigenvalue weighted by Gasteiger charge is 2.33. The van der Waals surface area contributed by atoms with Gasteiger partial charge in [-0.05, 0) is 12.8 Å². The molecule has 1 aromatic rings. The van der Waals surface area contributed by atoms with E-state index in [0.717, 1.165) is 18.7 Å². The maximum Gasteiger partial charge on any atom is 0.313 e. The van der Waals surface area contributed by atoms with Crippen LogP contribution in [0, 0.1) is 0 Å². The van der Waals surface area contributed by atoms with Crippen LogP contribution in [-0.4, -0.2) is 31.6 Å². The minimum atomic E-state index is -0.826. The fourth-order valence-electron chi connectivity index (χ4n) is 2.43. The van der Waals surface area contributed by atoms with E-state index in [2.05, 4.69) is 17.0 Å². The summed E-state index contributed by atoms with van der Waals surface area (Å²) in [5.74, 6) is 0.0777. The Hall–Kier alpha value is -1.04. The van der Waals surface area contributed by atoms with Crippen molar-refractivity contribution in [3.8, 4) is 0 Å². The van der Waals surface area contributed by atoms with Gasteiger partial charge in [0.1, 0.15) is 0 Å². The summed E-state index contributed by atoms with van der Waals surface area (Å²) in [6, 6.07) is 0. The lowest BCUT2D eigenvalue weighted by Gasteiger charge is -2.30. The van der Waals surface area contributed by atoms with Gasteiger partial charge in [-0.1, -0.05) is 37.9 Å². The molecule has 6 heteroatoms. The molecule has 2 rings (SSSR count). The Morgan fingerprint density at radius 1 is 1.44 bits per heavy atom. The number of carbonyl (C=O) groups is 1. The lowest BCUT2D eigenvalue weighted by molar-refractivity contribution is -0.133. The zero-order chi connectivity index (χ0) is 13.2. The topological polar surface area (TPSA) is 68.0 Å². The average Bonchev–Trinajstić information content (AvgIpc) is 2.70. The molecule has 1 aromatic heterocycles. The van der Waals surface area contributed by atoms with Crippen molar-refractivity contribution in [3.63, 3.8) is 0 Å². The first-order valence-electron chi connectivity index (χ1n) is 6.27. The molecule has 0 aromatic carbocycles. The van der Waals surface area contributed by atoms with Crippen molar-refractivity contribution >= 4 is 17.7 Å². The molecule has 18 heavy (non-hydrogen) atoms. The van der Waals surface area contributed by atoms with E-state index in [1.807, 2.05) is 7.05 Å². The first-order valence-corrected chi connectivity index (χ1v) is 7.26. The quantitative estimate of drug-likeness (QED) is 0.849. The van der Waals surface area contributed by atoms with Gasteiger partial charge in [-0.15, -0.1) is 0 Å². The van der Waals surface area contributed by atoms with Crippen LogP contribution in [0.4, 0.5) is 0 Å². The molecule has 1 heterocycles. The third kappa shape index (κ3) is 2.85. The van der Waals surface area contributed by atoms with E-state index in [9.17, 15) is 4.79 Å². The van der Waals surface area contributed by atoms with E-state index in [4.69, 9.17) is 5.11 Å². The van der Waals surface area contributed by atoms with Crippen LogP contribution < -0.4 is 0 Å². The van der Waals surface area contributed by atoms with Crippen molar-refractivity contribution in [1.29, 1.82) is 0 Å². The molecule has 0 spiro atoms. The van der Waals surface area contributed by atoms with Crippen LogP contribution in [0.15, 0.2) is 5.16 Å². The van der Waals surface area contributed by atoms with Gasteiger partial charge in [-0.2, -0.15) is 5.10 Å². The highest BCUT2D eigenvalue weighted by molar-refractivity contribution is 7.99. The number of nitrogens with zero attached hydrogens (tertiary/aromatic N) is 3. The molecule has 0 bridgehead atoms. The lowest BCUT2D eigenvalue weighted by atomic mass is 9.75. The van der Waals surface area contributed by atoms with Gasteiger partial charge in [0.15, 0.2) is 11.0 Å². The van der Waals surface area contributed by atoms with E-state index in [-0.39, 0.29) is 11.2 Å². The summed E-state index contributed by atoms with van der Waals surface area (Å²) in [4.78, 5) is 15.1. The Morgan fingerprint density at radius 2 is 2.11 bits per heavy atom. The second-order valence-corrected chi connectivity index (χ2v) is 6.09. The molecule has 1 aliphatic carbocycles. The van der Waals surface area contributed by atoms with Crippen LogP contribution in [0.25, 0.3) is 0 Å². The van der Waals surface area contributed by atoms with E-state index in [0.29, 0.717) is 5.16 Å². The summed E-state index contributed by atoms with van der Waals surface area (Å²) < 4.78 is 1.70. The Labute approximate surface area is 111 Å². The van der Waals surface area contributed by atoms with Gasteiger partial charge in [0.25, 0.3) is 0 Å². The predicted molar refractivity (Wildman–Crippen MR) is 69.8 cm³/mol. The van der Waals surface area contributed by atoms with Gasteiger partial charge in [-0.25, -0.2) is 9.67 Å². The van der Waals surface area contributed by atoms with Crippen molar-refractivity contribution < 1.29 is 9.90 Å². The Morgan fingerprint density at radius 3 is 2.72 bits per heavy atom. The van der Waals surface area contributed by atoms with Gasteiger partial charge in [0, 0.05) is 12.5 Å². The second-order valence-electron chi connectivity index (χ2n) is 5.15. The molecule has 1 saturated carbocycles. The summed E-state index contributed by atoms with van der Waals surface area (Å²) in [5.41, 5.74) is 0.0675. The van der Waals surface area contributed by atoms with Gasteiger partial charge in [0.05, 0.1) is 5.75 Å². The summed E-state index contributed by atoms with van der Waals surface area (Å²) in [5, 5.41) is 13.9. The highest BCUT2D eigenvalue weighted by Crippen LogP contribution is 2.37. The molecule has 1 N–H and O–H groups in total. The van der Waals surface area contributed by atoms with Crippen molar-refractivity contribution in [2.45, 2.75) is 49.6 Å². The molecular formula is C12H19N3O2S. The zero-order valence-corrected chi connectivity index (χ0v) is 11.7. The summed E-state index contributed by atoms with van der Waals surface area (Å²) >= 11 is 1.23. The number of hydrogen-bond donors (Lipinski definition) is 1. The van der Waals surface area contributed by atoms with Crippen LogP contribution in [-0.2, 0) is 17.3 Å². The fraction of sp³-hybridized carbons (Fsp3) is 0.750. The Balaban J connectivity index is 2.14. The number of rotatable bonds is 4. The molecule has 1 fully saturated rings. The summed E-state index contributed by atoms with van der Waals surface area (Å²) in [6.07, 6.45) is 6.00.